The van der Waals surface area contributed by atoms with Gasteiger partial charge in [0.05, 0.1) is 0 Å². The van der Waals surface area contributed by atoms with Crippen LogP contribution in [0, 0.1) is 6.92 Å². The topological polar surface area (TPSA) is 49.4 Å². The summed E-state index contributed by atoms with van der Waals surface area (Å²) in [6, 6.07) is 15.7. The van der Waals surface area contributed by atoms with Gasteiger partial charge in [0.1, 0.15) is 0 Å². The van der Waals surface area contributed by atoms with Crippen LogP contribution in [0.1, 0.15) is 33.5 Å². The number of hydrogen-bond donors (Lipinski definition) is 1. The third-order valence-electron chi connectivity index (χ3n) is 4.42. The molecule has 0 spiro atoms. The molecule has 4 nitrogen and oxygen atoms in total. The minimum atomic E-state index is -0.133. The van der Waals surface area contributed by atoms with E-state index >= 15 is 0 Å². The van der Waals surface area contributed by atoms with Crippen molar-refractivity contribution >= 4 is 11.8 Å². The normalized spacial score (nSPS) is 13.3. The molecule has 4 heteroatoms. The second kappa shape index (κ2) is 7.30. The van der Waals surface area contributed by atoms with Gasteiger partial charge in [-0.15, -0.1) is 0 Å². The number of nitrogens with one attached hydrogen (secondary N) is 1. The number of fused-ring (bicyclic) bond motifs is 1. The van der Waals surface area contributed by atoms with Crippen molar-refractivity contribution in [1.82, 2.24) is 10.2 Å². The van der Waals surface area contributed by atoms with Gasteiger partial charge >= 0.3 is 0 Å². The number of rotatable bonds is 4. The molecule has 0 fully saturated rings. The fraction of sp³-hybridized carbons (Fsp3) is 0.300. The van der Waals surface area contributed by atoms with Crippen LogP contribution in [-0.4, -0.2) is 29.8 Å². The van der Waals surface area contributed by atoms with Crippen LogP contribution in [0.15, 0.2) is 48.5 Å². The van der Waals surface area contributed by atoms with Gasteiger partial charge in [0.2, 0.25) is 5.91 Å². The third kappa shape index (κ3) is 3.82. The summed E-state index contributed by atoms with van der Waals surface area (Å²) in [4.78, 5) is 26.3. The summed E-state index contributed by atoms with van der Waals surface area (Å²) in [5, 5.41) is 2.82. The fourth-order valence-corrected chi connectivity index (χ4v) is 2.96. The van der Waals surface area contributed by atoms with E-state index in [1.165, 1.54) is 11.1 Å². The first-order chi connectivity index (χ1) is 11.6. The molecule has 0 radical (unpaired) electrons. The number of hydrogen-bond acceptors (Lipinski definition) is 2. The Hall–Kier alpha value is -2.62. The first-order valence-electron chi connectivity index (χ1n) is 8.33. The molecular weight excluding hydrogens is 300 g/mol. The molecule has 3 rings (SSSR count). The maximum Gasteiger partial charge on any atom is 0.251 e. The Kier molecular flexibility index (Phi) is 4.94. The van der Waals surface area contributed by atoms with Crippen molar-refractivity contribution in [2.24, 2.45) is 0 Å². The highest BCUT2D eigenvalue weighted by molar-refractivity contribution is 5.94. The van der Waals surface area contributed by atoms with Crippen molar-refractivity contribution in [3.8, 4) is 0 Å². The van der Waals surface area contributed by atoms with E-state index in [0.29, 0.717) is 25.1 Å². The number of carbonyl (C=O) groups excluding carboxylic acids is 2. The molecule has 0 bridgehead atoms. The maximum absolute atomic E-state index is 12.3. The number of carbonyl (C=O) groups is 2. The molecule has 124 valence electrons. The van der Waals surface area contributed by atoms with Crippen LogP contribution in [0.25, 0.3) is 0 Å². The minimum absolute atomic E-state index is 0.0914. The molecule has 0 saturated carbocycles. The first-order valence-corrected chi connectivity index (χ1v) is 8.33. The zero-order valence-electron chi connectivity index (χ0n) is 13.9. The van der Waals surface area contributed by atoms with Crippen molar-refractivity contribution in [2.75, 3.05) is 13.1 Å². The third-order valence-corrected chi connectivity index (χ3v) is 4.42. The highest BCUT2D eigenvalue weighted by atomic mass is 16.2. The summed E-state index contributed by atoms with van der Waals surface area (Å²) < 4.78 is 0. The van der Waals surface area contributed by atoms with E-state index in [9.17, 15) is 9.59 Å². The molecule has 1 aliphatic rings. The maximum atomic E-state index is 12.3. The van der Waals surface area contributed by atoms with Crippen LogP contribution >= 0.6 is 0 Å². The van der Waals surface area contributed by atoms with Crippen LogP contribution in [0.4, 0.5) is 0 Å². The molecule has 0 saturated heterocycles. The quantitative estimate of drug-likeness (QED) is 0.941. The smallest absolute Gasteiger partial charge is 0.251 e. The summed E-state index contributed by atoms with van der Waals surface area (Å²) >= 11 is 0. The first kappa shape index (κ1) is 16.2. The summed E-state index contributed by atoms with van der Waals surface area (Å²) in [7, 11) is 0. The van der Waals surface area contributed by atoms with E-state index in [0.717, 1.165) is 18.5 Å². The largest absolute Gasteiger partial charge is 0.352 e. The Balaban J connectivity index is 1.48. The highest BCUT2D eigenvalue weighted by Crippen LogP contribution is 2.18. The second-order valence-electron chi connectivity index (χ2n) is 6.21. The summed E-state index contributed by atoms with van der Waals surface area (Å²) in [5.41, 5.74) is 4.29. The number of benzene rings is 2. The fourth-order valence-electron chi connectivity index (χ4n) is 2.96. The van der Waals surface area contributed by atoms with Gasteiger partial charge in [-0.1, -0.05) is 42.0 Å². The van der Waals surface area contributed by atoms with E-state index in [4.69, 9.17) is 0 Å². The molecule has 24 heavy (non-hydrogen) atoms. The Morgan fingerprint density at radius 2 is 1.75 bits per heavy atom. The summed E-state index contributed by atoms with van der Waals surface area (Å²) in [6.45, 7) is 3.77. The molecule has 2 amide bonds. The lowest BCUT2D eigenvalue weighted by Crippen LogP contribution is -2.38. The van der Waals surface area contributed by atoms with Gasteiger partial charge in [-0.25, -0.2) is 0 Å². The van der Waals surface area contributed by atoms with Crippen LogP contribution < -0.4 is 5.32 Å². The van der Waals surface area contributed by atoms with E-state index in [2.05, 4.69) is 17.4 Å². The highest BCUT2D eigenvalue weighted by Gasteiger charge is 2.20. The molecule has 0 aliphatic carbocycles. The molecule has 0 atom stereocenters. The molecule has 0 aromatic heterocycles. The average Bonchev–Trinajstić information content (AvgIpc) is 2.61. The van der Waals surface area contributed by atoms with Crippen LogP contribution in [0.2, 0.25) is 0 Å². The van der Waals surface area contributed by atoms with Crippen molar-refractivity contribution < 1.29 is 9.59 Å². The Labute approximate surface area is 142 Å². The molecule has 1 aliphatic heterocycles. The van der Waals surface area contributed by atoms with Crippen molar-refractivity contribution in [3.63, 3.8) is 0 Å². The van der Waals surface area contributed by atoms with E-state index in [1.54, 1.807) is 12.1 Å². The Morgan fingerprint density at radius 1 is 1.04 bits per heavy atom. The predicted molar refractivity (Wildman–Crippen MR) is 93.7 cm³/mol. The molecule has 1 N–H and O–H groups in total. The van der Waals surface area contributed by atoms with Crippen molar-refractivity contribution in [3.05, 3.63) is 70.8 Å². The van der Waals surface area contributed by atoms with Gasteiger partial charge in [0, 0.05) is 31.6 Å². The van der Waals surface area contributed by atoms with Crippen molar-refractivity contribution in [2.45, 2.75) is 26.3 Å². The monoisotopic (exact) mass is 322 g/mol. The van der Waals surface area contributed by atoms with Crippen LogP contribution in [0.5, 0.6) is 0 Å². The second-order valence-corrected chi connectivity index (χ2v) is 6.21. The van der Waals surface area contributed by atoms with Gasteiger partial charge in [-0.3, -0.25) is 9.59 Å². The SMILES string of the molecule is Cc1ccc(C(=O)NCCC(=O)N2CCc3ccccc3C2)cc1. The molecule has 0 unspecified atom stereocenters. The lowest BCUT2D eigenvalue weighted by Gasteiger charge is -2.29. The number of aryl methyl sites for hydroxylation is 1. The molecular formula is C20H22N2O2. The van der Waals surface area contributed by atoms with E-state index < -0.39 is 0 Å². The van der Waals surface area contributed by atoms with Gasteiger partial charge in [0.25, 0.3) is 5.91 Å². The number of amides is 2. The zero-order chi connectivity index (χ0) is 16.9. The Morgan fingerprint density at radius 3 is 2.50 bits per heavy atom. The van der Waals surface area contributed by atoms with Gasteiger partial charge < -0.3 is 10.2 Å². The lowest BCUT2D eigenvalue weighted by atomic mass is 10.00. The molecule has 1 heterocycles. The van der Waals surface area contributed by atoms with Gasteiger partial charge in [0.15, 0.2) is 0 Å². The lowest BCUT2D eigenvalue weighted by molar-refractivity contribution is -0.131. The zero-order valence-corrected chi connectivity index (χ0v) is 13.9. The summed E-state index contributed by atoms with van der Waals surface area (Å²) in [5.74, 6) is -0.0412. The molecule has 2 aromatic rings. The van der Waals surface area contributed by atoms with Gasteiger partial charge in [-0.05, 0) is 36.6 Å². The average molecular weight is 322 g/mol. The minimum Gasteiger partial charge on any atom is -0.352 e. The van der Waals surface area contributed by atoms with Crippen molar-refractivity contribution in [1.29, 1.82) is 0 Å². The predicted octanol–water partition coefficient (Wildman–Crippen LogP) is 2.70. The van der Waals surface area contributed by atoms with Crippen LogP contribution in [0.3, 0.4) is 0 Å². The molecule has 2 aromatic carbocycles. The van der Waals surface area contributed by atoms with Gasteiger partial charge in [-0.2, -0.15) is 0 Å². The van der Waals surface area contributed by atoms with E-state index in [-0.39, 0.29) is 11.8 Å². The number of nitrogens with zero attached hydrogens (tertiary/aromatic N) is 1. The Bertz CT molecular complexity index is 738. The summed E-state index contributed by atoms with van der Waals surface area (Å²) in [6.07, 6.45) is 1.23. The van der Waals surface area contributed by atoms with E-state index in [1.807, 2.05) is 36.1 Å². The van der Waals surface area contributed by atoms with Crippen LogP contribution in [-0.2, 0) is 17.8 Å². The standard InChI is InChI=1S/C20H22N2O2/c1-15-6-8-17(9-7-15)20(24)21-12-10-19(23)22-13-11-16-4-2-3-5-18(16)14-22/h2-9H,10-14H2,1H3,(H,21,24).